The smallest absolute Gasteiger partial charge is 0.233 e. The number of carbonyl (C=O) groups excluding carboxylic acids is 1. The minimum atomic E-state index is -0.425. The van der Waals surface area contributed by atoms with Gasteiger partial charge in [-0.2, -0.15) is 0 Å². The van der Waals surface area contributed by atoms with Crippen LogP contribution in [0.4, 0.5) is 10.2 Å². The van der Waals surface area contributed by atoms with E-state index in [-0.39, 0.29) is 18.2 Å². The first-order valence-corrected chi connectivity index (χ1v) is 9.60. The van der Waals surface area contributed by atoms with Crippen molar-refractivity contribution in [2.45, 2.75) is 11.7 Å². The van der Waals surface area contributed by atoms with E-state index in [4.69, 9.17) is 11.6 Å². The molecule has 0 unspecified atom stereocenters. The molecule has 3 rings (SSSR count). The Bertz CT molecular complexity index is 965. The van der Waals surface area contributed by atoms with Crippen molar-refractivity contribution in [1.29, 1.82) is 0 Å². The molecule has 0 saturated carbocycles. The second kappa shape index (κ2) is 8.54. The Morgan fingerprint density at radius 2 is 2.00 bits per heavy atom. The number of nitrogens with one attached hydrogen (secondary N) is 1. The van der Waals surface area contributed by atoms with Crippen molar-refractivity contribution >= 4 is 46.0 Å². The zero-order chi connectivity index (χ0) is 19.4. The summed E-state index contributed by atoms with van der Waals surface area (Å²) in [4.78, 5) is 22.8. The maximum absolute atomic E-state index is 13.9. The molecule has 0 aliphatic carbocycles. The number of para-hydroxylation sites is 1. The lowest BCUT2D eigenvalue weighted by atomic mass is 10.2. The third-order valence-electron chi connectivity index (χ3n) is 4.03. The standard InChI is InChI=1S/C19H18ClFN4OS/c1-22-18-12-6-3-4-9-16(12)23-19(24-18)27-11-17(26)25(2)10-13-14(20)7-5-8-15(13)21/h3-9H,10-11H2,1-2H3,(H,22,23,24). The third-order valence-corrected chi connectivity index (χ3v) is 5.21. The molecule has 1 amide bonds. The minimum Gasteiger partial charge on any atom is -0.372 e. The molecule has 0 bridgehead atoms. The Morgan fingerprint density at radius 3 is 2.74 bits per heavy atom. The van der Waals surface area contributed by atoms with Crippen LogP contribution in [0.25, 0.3) is 10.9 Å². The lowest BCUT2D eigenvalue weighted by molar-refractivity contribution is -0.127. The van der Waals surface area contributed by atoms with Crippen molar-refractivity contribution in [2.75, 3.05) is 25.2 Å². The molecule has 0 spiro atoms. The average molecular weight is 405 g/mol. The SMILES string of the molecule is CNc1nc(SCC(=O)N(C)Cc2c(F)cccc2Cl)nc2ccccc12. The molecule has 8 heteroatoms. The number of hydrogen-bond donors (Lipinski definition) is 1. The Labute approximate surface area is 165 Å². The van der Waals surface area contributed by atoms with Gasteiger partial charge in [-0.25, -0.2) is 14.4 Å². The molecule has 27 heavy (non-hydrogen) atoms. The number of hydrogen-bond acceptors (Lipinski definition) is 5. The summed E-state index contributed by atoms with van der Waals surface area (Å²) < 4.78 is 13.9. The zero-order valence-corrected chi connectivity index (χ0v) is 16.4. The second-order valence-electron chi connectivity index (χ2n) is 5.86. The largest absolute Gasteiger partial charge is 0.372 e. The number of rotatable bonds is 6. The summed E-state index contributed by atoms with van der Waals surface area (Å²) in [6.45, 7) is 0.102. The molecule has 1 heterocycles. The molecule has 3 aromatic rings. The summed E-state index contributed by atoms with van der Waals surface area (Å²) >= 11 is 7.27. The predicted molar refractivity (Wildman–Crippen MR) is 108 cm³/mol. The number of benzene rings is 2. The first-order valence-electron chi connectivity index (χ1n) is 8.23. The highest BCUT2D eigenvalue weighted by molar-refractivity contribution is 7.99. The molecule has 1 aromatic heterocycles. The third kappa shape index (κ3) is 4.48. The van der Waals surface area contributed by atoms with E-state index in [0.717, 1.165) is 10.9 Å². The highest BCUT2D eigenvalue weighted by Gasteiger charge is 2.16. The molecular weight excluding hydrogens is 387 g/mol. The summed E-state index contributed by atoms with van der Waals surface area (Å²) in [7, 11) is 3.41. The topological polar surface area (TPSA) is 58.1 Å². The predicted octanol–water partition coefficient (Wildman–Crippen LogP) is 4.21. The number of thioether (sulfide) groups is 1. The van der Waals surface area contributed by atoms with E-state index >= 15 is 0 Å². The van der Waals surface area contributed by atoms with Gasteiger partial charge >= 0.3 is 0 Å². The van der Waals surface area contributed by atoms with Gasteiger partial charge < -0.3 is 10.2 Å². The Morgan fingerprint density at radius 1 is 1.22 bits per heavy atom. The molecular formula is C19H18ClFN4OS. The highest BCUT2D eigenvalue weighted by atomic mass is 35.5. The van der Waals surface area contributed by atoms with Gasteiger partial charge in [0.25, 0.3) is 0 Å². The van der Waals surface area contributed by atoms with Crippen LogP contribution < -0.4 is 5.32 Å². The molecule has 5 nitrogen and oxygen atoms in total. The molecule has 0 fully saturated rings. The molecule has 2 aromatic carbocycles. The van der Waals surface area contributed by atoms with Gasteiger partial charge in [0.15, 0.2) is 5.16 Å². The number of fused-ring (bicyclic) bond motifs is 1. The van der Waals surface area contributed by atoms with E-state index in [0.29, 0.717) is 21.6 Å². The van der Waals surface area contributed by atoms with Crippen molar-refractivity contribution in [3.63, 3.8) is 0 Å². The maximum atomic E-state index is 13.9. The molecule has 140 valence electrons. The lowest BCUT2D eigenvalue weighted by Crippen LogP contribution is -2.28. The summed E-state index contributed by atoms with van der Waals surface area (Å²) in [6, 6.07) is 12.1. The van der Waals surface area contributed by atoms with E-state index in [1.807, 2.05) is 24.3 Å². The van der Waals surface area contributed by atoms with E-state index in [1.54, 1.807) is 20.2 Å². The van der Waals surface area contributed by atoms with Gasteiger partial charge in [0.1, 0.15) is 11.6 Å². The van der Waals surface area contributed by atoms with Crippen LogP contribution in [0.5, 0.6) is 0 Å². The van der Waals surface area contributed by atoms with E-state index in [9.17, 15) is 9.18 Å². The van der Waals surface area contributed by atoms with Crippen LogP contribution in [0.1, 0.15) is 5.56 Å². The van der Waals surface area contributed by atoms with Gasteiger partial charge in [-0.3, -0.25) is 4.79 Å². The van der Waals surface area contributed by atoms with E-state index < -0.39 is 5.82 Å². The fourth-order valence-electron chi connectivity index (χ4n) is 2.56. The minimum absolute atomic E-state index is 0.102. The lowest BCUT2D eigenvalue weighted by Gasteiger charge is -2.18. The Hall–Kier alpha value is -2.38. The maximum Gasteiger partial charge on any atom is 0.233 e. The number of anilines is 1. The molecule has 1 N–H and O–H groups in total. The Kier molecular flexibility index (Phi) is 6.13. The van der Waals surface area contributed by atoms with Crippen molar-refractivity contribution in [1.82, 2.24) is 14.9 Å². The van der Waals surface area contributed by atoms with Crippen molar-refractivity contribution in [3.05, 3.63) is 58.9 Å². The normalized spacial score (nSPS) is 10.8. The van der Waals surface area contributed by atoms with Gasteiger partial charge in [0.05, 0.1) is 11.3 Å². The van der Waals surface area contributed by atoms with Crippen molar-refractivity contribution < 1.29 is 9.18 Å². The van der Waals surface area contributed by atoms with E-state index in [1.165, 1.54) is 28.8 Å². The number of halogens is 2. The van der Waals surface area contributed by atoms with Crippen LogP contribution in [0.15, 0.2) is 47.6 Å². The number of aromatic nitrogens is 2. The van der Waals surface area contributed by atoms with Gasteiger partial charge in [0, 0.05) is 36.6 Å². The monoisotopic (exact) mass is 404 g/mol. The Balaban J connectivity index is 1.69. The summed E-state index contributed by atoms with van der Waals surface area (Å²) in [5.41, 5.74) is 1.11. The van der Waals surface area contributed by atoms with Gasteiger partial charge in [0.2, 0.25) is 5.91 Å². The number of nitrogens with zero attached hydrogens (tertiary/aromatic N) is 3. The van der Waals surface area contributed by atoms with Crippen molar-refractivity contribution in [2.24, 2.45) is 0 Å². The van der Waals surface area contributed by atoms with Gasteiger partial charge in [-0.15, -0.1) is 0 Å². The molecule has 0 aliphatic heterocycles. The number of carbonyl (C=O) groups is 1. The molecule has 0 radical (unpaired) electrons. The average Bonchev–Trinajstić information content (AvgIpc) is 2.68. The summed E-state index contributed by atoms with van der Waals surface area (Å²) in [6.07, 6.45) is 0. The fourth-order valence-corrected chi connectivity index (χ4v) is 3.57. The molecule has 0 atom stereocenters. The van der Waals surface area contributed by atoms with Crippen LogP contribution in [-0.2, 0) is 11.3 Å². The summed E-state index contributed by atoms with van der Waals surface area (Å²) in [5.74, 6) is 0.264. The first-order chi connectivity index (χ1) is 13.0. The van der Waals surface area contributed by atoms with Crippen LogP contribution in [-0.4, -0.2) is 40.6 Å². The molecule has 0 aliphatic rings. The second-order valence-corrected chi connectivity index (χ2v) is 7.21. The zero-order valence-electron chi connectivity index (χ0n) is 14.9. The van der Waals surface area contributed by atoms with Crippen LogP contribution in [0, 0.1) is 5.82 Å². The van der Waals surface area contributed by atoms with Crippen LogP contribution in [0.2, 0.25) is 5.02 Å². The van der Waals surface area contributed by atoms with Crippen LogP contribution in [0.3, 0.4) is 0 Å². The first kappa shape index (κ1) is 19.4. The van der Waals surface area contributed by atoms with Crippen molar-refractivity contribution in [3.8, 4) is 0 Å². The van der Waals surface area contributed by atoms with Crippen LogP contribution >= 0.6 is 23.4 Å². The van der Waals surface area contributed by atoms with Gasteiger partial charge in [-0.1, -0.05) is 41.6 Å². The highest BCUT2D eigenvalue weighted by Crippen LogP contribution is 2.25. The number of amides is 1. The molecule has 0 saturated heterocycles. The summed E-state index contributed by atoms with van der Waals surface area (Å²) in [5, 5.41) is 4.78. The van der Waals surface area contributed by atoms with Gasteiger partial charge in [-0.05, 0) is 24.3 Å². The van der Waals surface area contributed by atoms with E-state index in [2.05, 4.69) is 15.3 Å². The fraction of sp³-hybridized carbons (Fsp3) is 0.211. The quantitative estimate of drug-likeness (QED) is 0.492.